The van der Waals surface area contributed by atoms with E-state index >= 15 is 0 Å². The van der Waals surface area contributed by atoms with Crippen LogP contribution in [0.1, 0.15) is 33.7 Å². The minimum atomic E-state index is -0.583. The van der Waals surface area contributed by atoms with Crippen molar-refractivity contribution in [2.45, 2.75) is 19.3 Å². The monoisotopic (exact) mass is 322 g/mol. The van der Waals surface area contributed by atoms with E-state index in [0.717, 1.165) is 19.3 Å². The van der Waals surface area contributed by atoms with Gasteiger partial charge >= 0.3 is 0 Å². The molecular formula is C18H14N2O4. The fourth-order valence-corrected chi connectivity index (χ4v) is 3.30. The quantitative estimate of drug-likeness (QED) is 0.451. The summed E-state index contributed by atoms with van der Waals surface area (Å²) >= 11 is 0. The summed E-state index contributed by atoms with van der Waals surface area (Å²) in [6.45, 7) is 0. The number of benzene rings is 2. The van der Waals surface area contributed by atoms with Crippen molar-refractivity contribution in [3.8, 4) is 0 Å². The molecule has 1 heterocycles. The molecule has 0 aliphatic heterocycles. The normalized spacial score (nSPS) is 13.2. The third-order valence-electron chi connectivity index (χ3n) is 4.49. The maximum atomic E-state index is 12.7. The van der Waals surface area contributed by atoms with E-state index in [9.17, 15) is 14.9 Å². The van der Waals surface area contributed by atoms with Crippen molar-refractivity contribution in [3.05, 3.63) is 69.0 Å². The number of rotatable bonds is 3. The van der Waals surface area contributed by atoms with Crippen LogP contribution in [0.4, 0.5) is 11.4 Å². The van der Waals surface area contributed by atoms with E-state index in [-0.39, 0.29) is 22.7 Å². The first kappa shape index (κ1) is 14.4. The van der Waals surface area contributed by atoms with Gasteiger partial charge in [0.1, 0.15) is 11.1 Å². The van der Waals surface area contributed by atoms with Crippen LogP contribution in [0.25, 0.3) is 11.0 Å². The van der Waals surface area contributed by atoms with Crippen LogP contribution in [0.3, 0.4) is 0 Å². The van der Waals surface area contributed by atoms with Crippen LogP contribution >= 0.6 is 0 Å². The van der Waals surface area contributed by atoms with Crippen molar-refractivity contribution in [3.63, 3.8) is 0 Å². The van der Waals surface area contributed by atoms with Crippen molar-refractivity contribution in [2.24, 2.45) is 0 Å². The topological polar surface area (TPSA) is 99.4 Å². The van der Waals surface area contributed by atoms with E-state index in [1.807, 2.05) is 12.1 Å². The van der Waals surface area contributed by atoms with Gasteiger partial charge in [-0.1, -0.05) is 12.1 Å². The number of carbonyl (C=O) groups excluding carboxylic acids is 1. The average Bonchev–Trinajstić information content (AvgIpc) is 3.16. The number of ketones is 1. The molecule has 0 spiro atoms. The number of nitrogens with two attached hydrogens (primary N) is 1. The van der Waals surface area contributed by atoms with Crippen LogP contribution in [-0.2, 0) is 12.8 Å². The summed E-state index contributed by atoms with van der Waals surface area (Å²) in [6.07, 6.45) is 3.08. The first-order chi connectivity index (χ1) is 11.6. The summed E-state index contributed by atoms with van der Waals surface area (Å²) in [5.41, 5.74) is 9.05. The molecular weight excluding hydrogens is 308 g/mol. The highest BCUT2D eigenvalue weighted by atomic mass is 16.6. The minimum absolute atomic E-state index is 0.0270. The molecule has 0 bridgehead atoms. The molecule has 6 nitrogen and oxygen atoms in total. The van der Waals surface area contributed by atoms with Crippen molar-refractivity contribution in [1.29, 1.82) is 0 Å². The van der Waals surface area contributed by atoms with Crippen molar-refractivity contribution in [1.82, 2.24) is 0 Å². The summed E-state index contributed by atoms with van der Waals surface area (Å²) in [5.74, 6) is -0.612. The van der Waals surface area contributed by atoms with Gasteiger partial charge < -0.3 is 10.2 Å². The Labute approximate surface area is 137 Å². The fourth-order valence-electron chi connectivity index (χ4n) is 3.30. The number of nitro benzene ring substituents is 1. The molecule has 4 rings (SSSR count). The van der Waals surface area contributed by atoms with Gasteiger partial charge in [0.05, 0.1) is 10.6 Å². The second-order valence-corrected chi connectivity index (χ2v) is 5.92. The molecule has 1 aromatic heterocycles. The van der Waals surface area contributed by atoms with Crippen molar-refractivity contribution in [2.75, 3.05) is 5.73 Å². The first-order valence-corrected chi connectivity index (χ1v) is 7.68. The summed E-state index contributed by atoms with van der Waals surface area (Å²) in [7, 11) is 0. The Hall–Kier alpha value is -3.15. The highest BCUT2D eigenvalue weighted by molar-refractivity contribution is 6.16. The van der Waals surface area contributed by atoms with Gasteiger partial charge in [-0.15, -0.1) is 0 Å². The highest BCUT2D eigenvalue weighted by Gasteiger charge is 2.27. The van der Waals surface area contributed by atoms with Gasteiger partial charge in [-0.05, 0) is 48.6 Å². The second kappa shape index (κ2) is 5.19. The number of anilines is 1. The van der Waals surface area contributed by atoms with Gasteiger partial charge in [0.15, 0.2) is 5.76 Å². The summed E-state index contributed by atoms with van der Waals surface area (Å²) in [4.78, 5) is 23.3. The van der Waals surface area contributed by atoms with Crippen LogP contribution in [0.5, 0.6) is 0 Å². The number of hydrogen-bond acceptors (Lipinski definition) is 5. The third-order valence-corrected chi connectivity index (χ3v) is 4.49. The van der Waals surface area contributed by atoms with Crippen LogP contribution in [0.15, 0.2) is 40.8 Å². The fraction of sp³-hybridized carbons (Fsp3) is 0.167. The molecule has 0 saturated carbocycles. The number of furan rings is 1. The molecule has 1 aliphatic rings. The maximum absolute atomic E-state index is 12.7. The number of hydrogen-bond donors (Lipinski definition) is 1. The van der Waals surface area contributed by atoms with Crippen molar-refractivity contribution < 1.29 is 14.1 Å². The summed E-state index contributed by atoms with van der Waals surface area (Å²) in [5, 5.41) is 11.8. The van der Waals surface area contributed by atoms with E-state index in [1.165, 1.54) is 29.3 Å². The predicted molar refractivity (Wildman–Crippen MR) is 89.2 cm³/mol. The standard InChI is InChI=1S/C18H14N2O4/c19-16-13-8-10-4-3-5-11(10)9-15(13)24-18(16)17(21)12-6-1-2-7-14(12)20(22)23/h1-2,6-9H,3-5,19H2. The SMILES string of the molecule is Nc1c(C(=O)c2ccccc2[N+](=O)[O-])oc2cc3c(cc12)CCC3. The lowest BCUT2D eigenvalue weighted by Crippen LogP contribution is -2.06. The smallest absolute Gasteiger partial charge is 0.280 e. The Kier molecular flexibility index (Phi) is 3.13. The van der Waals surface area contributed by atoms with Crippen LogP contribution in [-0.4, -0.2) is 10.7 Å². The van der Waals surface area contributed by atoms with Gasteiger partial charge in [-0.25, -0.2) is 0 Å². The highest BCUT2D eigenvalue weighted by Crippen LogP contribution is 2.35. The number of carbonyl (C=O) groups is 1. The molecule has 2 N–H and O–H groups in total. The number of fused-ring (bicyclic) bond motifs is 2. The lowest BCUT2D eigenvalue weighted by atomic mass is 10.0. The maximum Gasteiger partial charge on any atom is 0.280 e. The van der Waals surface area contributed by atoms with E-state index in [2.05, 4.69) is 0 Å². The lowest BCUT2D eigenvalue weighted by Gasteiger charge is -2.00. The molecule has 6 heteroatoms. The Bertz CT molecular complexity index is 1000. The zero-order valence-electron chi connectivity index (χ0n) is 12.7. The van der Waals surface area contributed by atoms with Gasteiger partial charge in [0, 0.05) is 11.5 Å². The molecule has 0 radical (unpaired) electrons. The first-order valence-electron chi connectivity index (χ1n) is 7.68. The van der Waals surface area contributed by atoms with E-state index in [4.69, 9.17) is 10.2 Å². The van der Waals surface area contributed by atoms with Crippen LogP contribution < -0.4 is 5.73 Å². The predicted octanol–water partition coefficient (Wildman–Crippen LogP) is 3.64. The van der Waals surface area contributed by atoms with Crippen LogP contribution in [0, 0.1) is 10.1 Å². The molecule has 120 valence electrons. The van der Waals surface area contributed by atoms with Gasteiger partial charge in [0.2, 0.25) is 5.78 Å². The second-order valence-electron chi connectivity index (χ2n) is 5.92. The molecule has 0 atom stereocenters. The molecule has 0 fully saturated rings. The zero-order chi connectivity index (χ0) is 16.8. The Morgan fingerprint density at radius 1 is 1.17 bits per heavy atom. The average molecular weight is 322 g/mol. The van der Waals surface area contributed by atoms with E-state index < -0.39 is 10.7 Å². The number of aryl methyl sites for hydroxylation is 2. The Balaban J connectivity index is 1.87. The largest absolute Gasteiger partial charge is 0.450 e. The van der Waals surface area contributed by atoms with E-state index in [0.29, 0.717) is 11.0 Å². The Morgan fingerprint density at radius 2 is 1.88 bits per heavy atom. The molecule has 24 heavy (non-hydrogen) atoms. The summed E-state index contributed by atoms with van der Waals surface area (Å²) in [6, 6.07) is 9.68. The number of nitrogens with zero attached hydrogens (tertiary/aromatic N) is 1. The summed E-state index contributed by atoms with van der Waals surface area (Å²) < 4.78 is 5.68. The molecule has 3 aromatic rings. The lowest BCUT2D eigenvalue weighted by molar-refractivity contribution is -0.385. The number of nitrogen functional groups attached to an aromatic ring is 1. The van der Waals surface area contributed by atoms with Crippen LogP contribution in [0.2, 0.25) is 0 Å². The molecule has 0 unspecified atom stereocenters. The van der Waals surface area contributed by atoms with E-state index in [1.54, 1.807) is 6.07 Å². The number of para-hydroxylation sites is 1. The van der Waals surface area contributed by atoms with Gasteiger partial charge in [-0.3, -0.25) is 14.9 Å². The van der Waals surface area contributed by atoms with Crippen molar-refractivity contribution >= 4 is 28.1 Å². The zero-order valence-corrected chi connectivity index (χ0v) is 12.7. The number of nitro groups is 1. The minimum Gasteiger partial charge on any atom is -0.450 e. The molecule has 0 saturated heterocycles. The molecule has 1 aliphatic carbocycles. The van der Waals surface area contributed by atoms with Gasteiger partial charge in [-0.2, -0.15) is 0 Å². The Morgan fingerprint density at radius 3 is 2.62 bits per heavy atom. The van der Waals surface area contributed by atoms with Gasteiger partial charge in [0.25, 0.3) is 5.69 Å². The third kappa shape index (κ3) is 2.07. The molecule has 2 aromatic carbocycles. The molecule has 0 amide bonds.